The number of anilines is 2. The standard InChI is InChI=1S/C61H51BN4O/c1-59(2,3)35-23-26-37(27-24-35)66-48-31-44-40(38-19-13-15-21-43(38)61(44,7)8)30-42(48)54-55-56-52(53-39-20-14-16-22-51(39)67-57(53)54)41-29-36(60(4,5)6)25-28-47(41)65(56)49-33-50-46(32-45(49)62(55)66)63-58(64(50)9)34-17-11-10-12-18-34/h10-33H,1-9H3. The van der Waals surface area contributed by atoms with E-state index in [9.17, 15) is 0 Å². The van der Waals surface area contributed by atoms with E-state index in [-0.39, 0.29) is 23.1 Å². The van der Waals surface area contributed by atoms with Gasteiger partial charge in [-0.1, -0.05) is 146 Å². The van der Waals surface area contributed by atoms with Crippen LogP contribution in [0.1, 0.15) is 77.6 Å². The molecular formula is C61H51BN4O. The molecule has 8 aromatic carbocycles. The molecule has 0 amide bonds. The van der Waals surface area contributed by atoms with E-state index in [1.54, 1.807) is 0 Å². The molecule has 67 heavy (non-hydrogen) atoms. The molecule has 2 aliphatic heterocycles. The number of fused-ring (bicyclic) bond motifs is 17. The van der Waals surface area contributed by atoms with Crippen molar-refractivity contribution in [2.75, 3.05) is 4.81 Å². The minimum atomic E-state index is -0.214. The molecule has 0 atom stereocenters. The van der Waals surface area contributed by atoms with Gasteiger partial charge < -0.3 is 18.4 Å². The van der Waals surface area contributed by atoms with E-state index in [2.05, 4.69) is 222 Å². The molecule has 0 radical (unpaired) electrons. The van der Waals surface area contributed by atoms with Crippen molar-refractivity contribution in [3.05, 3.63) is 168 Å². The van der Waals surface area contributed by atoms with Crippen LogP contribution in [-0.2, 0) is 23.3 Å². The van der Waals surface area contributed by atoms with E-state index >= 15 is 0 Å². The van der Waals surface area contributed by atoms with Gasteiger partial charge in [0, 0.05) is 67.8 Å². The molecule has 3 aromatic heterocycles. The zero-order valence-electron chi connectivity index (χ0n) is 39.6. The number of aromatic nitrogens is 3. The predicted octanol–water partition coefficient (Wildman–Crippen LogP) is 14.4. The first-order valence-electron chi connectivity index (χ1n) is 23.9. The third-order valence-electron chi connectivity index (χ3n) is 15.8. The van der Waals surface area contributed by atoms with Crippen molar-refractivity contribution in [1.82, 2.24) is 14.1 Å². The second-order valence-corrected chi connectivity index (χ2v) is 22.0. The van der Waals surface area contributed by atoms with Crippen LogP contribution in [0.5, 0.6) is 0 Å². The van der Waals surface area contributed by atoms with Crippen LogP contribution < -0.4 is 15.7 Å². The number of para-hydroxylation sites is 1. The SMILES string of the molecule is Cn1c(-c2ccccc2)nc2cc3c(cc21)-n1c2ccc(C(C)(C)C)cc2c2c4c(oc5ccccc54)c4c(c21)B3N(c1ccc(C(C)(C)C)cc1)c1cc2c(cc1-4)-c1ccccc1C2(C)C. The Bertz CT molecular complexity index is 3980. The topological polar surface area (TPSA) is 39.1 Å². The van der Waals surface area contributed by atoms with Crippen molar-refractivity contribution in [1.29, 1.82) is 0 Å². The average Bonchev–Trinajstić information content (AvgIpc) is 4.03. The Kier molecular flexibility index (Phi) is 7.42. The lowest BCUT2D eigenvalue weighted by Crippen LogP contribution is -2.60. The Morgan fingerprint density at radius 2 is 1.31 bits per heavy atom. The summed E-state index contributed by atoms with van der Waals surface area (Å²) in [5.41, 5.74) is 23.6. The van der Waals surface area contributed by atoms with Crippen LogP contribution >= 0.6 is 0 Å². The van der Waals surface area contributed by atoms with Gasteiger partial charge in [-0.05, 0) is 110 Å². The third-order valence-corrected chi connectivity index (χ3v) is 15.8. The number of furan rings is 1. The predicted molar refractivity (Wildman–Crippen MR) is 282 cm³/mol. The lowest BCUT2D eigenvalue weighted by Gasteiger charge is -2.42. The molecule has 1 aliphatic carbocycles. The summed E-state index contributed by atoms with van der Waals surface area (Å²) in [6.07, 6.45) is 0. The second kappa shape index (κ2) is 12.8. The summed E-state index contributed by atoms with van der Waals surface area (Å²) in [5, 5.41) is 4.83. The Labute approximate surface area is 391 Å². The molecule has 324 valence electrons. The lowest BCUT2D eigenvalue weighted by atomic mass is 9.43. The molecular weight excluding hydrogens is 816 g/mol. The molecule has 14 rings (SSSR count). The van der Waals surface area contributed by atoms with Crippen molar-refractivity contribution in [2.24, 2.45) is 7.05 Å². The van der Waals surface area contributed by atoms with E-state index in [0.717, 1.165) is 44.7 Å². The first-order chi connectivity index (χ1) is 32.2. The van der Waals surface area contributed by atoms with Crippen LogP contribution in [0.3, 0.4) is 0 Å². The second-order valence-electron chi connectivity index (χ2n) is 22.0. The first-order valence-corrected chi connectivity index (χ1v) is 23.9. The molecule has 0 bridgehead atoms. The van der Waals surface area contributed by atoms with E-state index in [4.69, 9.17) is 9.40 Å². The van der Waals surface area contributed by atoms with Crippen molar-refractivity contribution >= 4 is 83.9 Å². The summed E-state index contributed by atoms with van der Waals surface area (Å²) in [6.45, 7) is 18.4. The van der Waals surface area contributed by atoms with Gasteiger partial charge in [0.05, 0.1) is 22.1 Å². The van der Waals surface area contributed by atoms with Crippen LogP contribution in [0.15, 0.2) is 150 Å². The number of nitrogens with zero attached hydrogens (tertiary/aromatic N) is 4. The molecule has 6 heteroatoms. The summed E-state index contributed by atoms with van der Waals surface area (Å²) in [6, 6.07) is 54.9. The monoisotopic (exact) mass is 866 g/mol. The smallest absolute Gasteiger partial charge is 0.333 e. The molecule has 0 unspecified atom stereocenters. The van der Waals surface area contributed by atoms with Gasteiger partial charge in [-0.15, -0.1) is 0 Å². The van der Waals surface area contributed by atoms with Crippen LogP contribution in [0.2, 0.25) is 0 Å². The highest BCUT2D eigenvalue weighted by molar-refractivity contribution is 6.94. The number of rotatable bonds is 2. The molecule has 11 aromatic rings. The van der Waals surface area contributed by atoms with Crippen LogP contribution in [-0.4, -0.2) is 21.0 Å². The van der Waals surface area contributed by atoms with Crippen molar-refractivity contribution in [2.45, 2.75) is 71.6 Å². The van der Waals surface area contributed by atoms with E-state index in [1.165, 1.54) is 94.0 Å². The fraction of sp³-hybridized carbons (Fsp3) is 0.197. The van der Waals surface area contributed by atoms with Gasteiger partial charge in [0.25, 0.3) is 0 Å². The first kappa shape index (κ1) is 38.9. The zero-order chi connectivity index (χ0) is 45.6. The number of benzene rings is 8. The lowest BCUT2D eigenvalue weighted by molar-refractivity contribution is 0.590. The molecule has 0 N–H and O–H groups in total. The van der Waals surface area contributed by atoms with Gasteiger partial charge in [-0.25, -0.2) is 4.98 Å². The Balaban J connectivity index is 1.21. The highest BCUT2D eigenvalue weighted by Crippen LogP contribution is 2.56. The summed E-state index contributed by atoms with van der Waals surface area (Å²) in [5.74, 6) is 0.957. The number of aryl methyl sites for hydroxylation is 1. The van der Waals surface area contributed by atoms with E-state index in [1.807, 2.05) is 0 Å². The van der Waals surface area contributed by atoms with Gasteiger partial charge in [0.2, 0.25) is 0 Å². The van der Waals surface area contributed by atoms with E-state index in [0.29, 0.717) is 0 Å². The van der Waals surface area contributed by atoms with Crippen molar-refractivity contribution < 1.29 is 4.42 Å². The molecule has 5 nitrogen and oxygen atoms in total. The highest BCUT2D eigenvalue weighted by Gasteiger charge is 2.48. The highest BCUT2D eigenvalue weighted by atomic mass is 16.3. The van der Waals surface area contributed by atoms with Gasteiger partial charge in [-0.2, -0.15) is 0 Å². The summed E-state index contributed by atoms with van der Waals surface area (Å²) in [4.78, 5) is 8.13. The van der Waals surface area contributed by atoms with Gasteiger partial charge in [-0.3, -0.25) is 0 Å². The summed E-state index contributed by atoms with van der Waals surface area (Å²) < 4.78 is 12.2. The molecule has 5 heterocycles. The summed E-state index contributed by atoms with van der Waals surface area (Å²) in [7, 11) is 2.17. The molecule has 0 fully saturated rings. The largest absolute Gasteiger partial charge is 0.455 e. The molecule has 0 spiro atoms. The Morgan fingerprint density at radius 1 is 0.597 bits per heavy atom. The molecule has 0 saturated carbocycles. The van der Waals surface area contributed by atoms with Gasteiger partial charge in [0.1, 0.15) is 17.0 Å². The average molecular weight is 867 g/mol. The van der Waals surface area contributed by atoms with Crippen molar-refractivity contribution in [3.63, 3.8) is 0 Å². The van der Waals surface area contributed by atoms with Crippen LogP contribution in [0.4, 0.5) is 11.4 Å². The molecule has 3 aliphatic rings. The van der Waals surface area contributed by atoms with E-state index < -0.39 is 0 Å². The van der Waals surface area contributed by atoms with Gasteiger partial charge >= 0.3 is 6.85 Å². The summed E-state index contributed by atoms with van der Waals surface area (Å²) >= 11 is 0. The Morgan fingerprint density at radius 3 is 2.09 bits per heavy atom. The number of imidazole rings is 1. The normalized spacial score (nSPS) is 14.7. The van der Waals surface area contributed by atoms with Crippen LogP contribution in [0.25, 0.3) is 94.1 Å². The minimum absolute atomic E-state index is 0.00590. The molecule has 0 saturated heterocycles. The fourth-order valence-electron chi connectivity index (χ4n) is 12.4. The number of hydrogen-bond donors (Lipinski definition) is 0. The number of hydrogen-bond acceptors (Lipinski definition) is 3. The maximum atomic E-state index is 7.35. The minimum Gasteiger partial charge on any atom is -0.455 e. The van der Waals surface area contributed by atoms with Gasteiger partial charge in [0.15, 0.2) is 0 Å². The fourth-order valence-corrected chi connectivity index (χ4v) is 12.4. The van der Waals surface area contributed by atoms with Crippen LogP contribution in [0, 0.1) is 0 Å². The maximum absolute atomic E-state index is 7.35. The zero-order valence-corrected chi connectivity index (χ0v) is 39.6. The third kappa shape index (κ3) is 5.03. The maximum Gasteiger partial charge on any atom is 0.333 e. The quantitative estimate of drug-likeness (QED) is 0.163. The Hall–Kier alpha value is -7.31. The van der Waals surface area contributed by atoms with Crippen molar-refractivity contribution in [3.8, 4) is 39.3 Å².